The quantitative estimate of drug-likeness (QED) is 0.755. The van der Waals surface area contributed by atoms with Crippen LogP contribution in [0.25, 0.3) is 0 Å². The summed E-state index contributed by atoms with van der Waals surface area (Å²) in [4.78, 5) is 26.5. The van der Waals surface area contributed by atoms with Gasteiger partial charge in [0, 0.05) is 31.7 Å². The van der Waals surface area contributed by atoms with Gasteiger partial charge in [0.05, 0.1) is 0 Å². The number of amides is 3. The molecule has 0 saturated carbocycles. The van der Waals surface area contributed by atoms with Gasteiger partial charge in [-0.3, -0.25) is 4.79 Å². The van der Waals surface area contributed by atoms with Gasteiger partial charge < -0.3 is 15.5 Å². The standard InChI is InChI=1S/C23H28FN3O2/c1-17-5-2-3-7-19(17)15-25-22(28)13-8-18-6-4-14-27(16-18)23(29)26-21-11-9-20(24)10-12-21/h2-3,5,7,9-12,18H,4,6,8,13-16H2,1H3,(H,25,28)(H,26,29)/t18-/m1/s1. The first-order chi connectivity index (χ1) is 14.0. The Hall–Kier alpha value is -2.89. The van der Waals surface area contributed by atoms with Gasteiger partial charge in [0.15, 0.2) is 0 Å². The van der Waals surface area contributed by atoms with Crippen molar-refractivity contribution in [3.05, 3.63) is 65.5 Å². The lowest BCUT2D eigenvalue weighted by Gasteiger charge is -2.32. The molecule has 1 atom stereocenters. The third-order valence-corrected chi connectivity index (χ3v) is 5.42. The molecule has 1 aliphatic heterocycles. The lowest BCUT2D eigenvalue weighted by molar-refractivity contribution is -0.121. The predicted octanol–water partition coefficient (Wildman–Crippen LogP) is 4.47. The number of aryl methyl sites for hydroxylation is 1. The van der Waals surface area contributed by atoms with E-state index in [9.17, 15) is 14.0 Å². The fourth-order valence-corrected chi connectivity index (χ4v) is 3.65. The van der Waals surface area contributed by atoms with Crippen LogP contribution in [0.2, 0.25) is 0 Å². The molecule has 3 amide bonds. The summed E-state index contributed by atoms with van der Waals surface area (Å²) in [5.41, 5.74) is 2.87. The number of halogens is 1. The molecular weight excluding hydrogens is 369 g/mol. The normalized spacial score (nSPS) is 16.3. The molecule has 5 nitrogen and oxygen atoms in total. The molecule has 0 unspecified atom stereocenters. The number of carbonyl (C=O) groups excluding carboxylic acids is 2. The fraction of sp³-hybridized carbons (Fsp3) is 0.391. The number of piperidine rings is 1. The van der Waals surface area contributed by atoms with Gasteiger partial charge in [-0.05, 0) is 67.5 Å². The Morgan fingerprint density at radius 1 is 1.14 bits per heavy atom. The van der Waals surface area contributed by atoms with Gasteiger partial charge in [-0.15, -0.1) is 0 Å². The molecule has 0 aliphatic carbocycles. The van der Waals surface area contributed by atoms with Gasteiger partial charge in [-0.2, -0.15) is 0 Å². The third-order valence-electron chi connectivity index (χ3n) is 5.42. The smallest absolute Gasteiger partial charge is 0.321 e. The van der Waals surface area contributed by atoms with Crippen molar-refractivity contribution < 1.29 is 14.0 Å². The largest absolute Gasteiger partial charge is 0.352 e. The van der Waals surface area contributed by atoms with Crippen LogP contribution in [0, 0.1) is 18.7 Å². The molecule has 29 heavy (non-hydrogen) atoms. The number of hydrogen-bond acceptors (Lipinski definition) is 2. The first-order valence-corrected chi connectivity index (χ1v) is 10.1. The maximum absolute atomic E-state index is 13.0. The topological polar surface area (TPSA) is 61.4 Å². The molecule has 0 aromatic heterocycles. The Balaban J connectivity index is 1.42. The summed E-state index contributed by atoms with van der Waals surface area (Å²) in [5.74, 6) is 0.0230. The maximum Gasteiger partial charge on any atom is 0.321 e. The zero-order valence-corrected chi connectivity index (χ0v) is 16.8. The number of benzene rings is 2. The number of carbonyl (C=O) groups is 2. The van der Waals surface area contributed by atoms with E-state index in [1.165, 1.54) is 17.7 Å². The lowest BCUT2D eigenvalue weighted by Crippen LogP contribution is -2.42. The van der Waals surface area contributed by atoms with E-state index in [4.69, 9.17) is 0 Å². The molecule has 154 valence electrons. The molecule has 1 fully saturated rings. The average molecular weight is 397 g/mol. The van der Waals surface area contributed by atoms with Crippen molar-refractivity contribution in [2.24, 2.45) is 5.92 Å². The van der Waals surface area contributed by atoms with Gasteiger partial charge in [-0.1, -0.05) is 24.3 Å². The molecule has 2 N–H and O–H groups in total. The fourth-order valence-electron chi connectivity index (χ4n) is 3.65. The predicted molar refractivity (Wildman–Crippen MR) is 112 cm³/mol. The van der Waals surface area contributed by atoms with Gasteiger partial charge in [0.1, 0.15) is 5.82 Å². The van der Waals surface area contributed by atoms with Crippen molar-refractivity contribution in [2.45, 2.75) is 39.2 Å². The monoisotopic (exact) mass is 397 g/mol. The Kier molecular flexibility index (Phi) is 7.22. The molecule has 0 spiro atoms. The molecule has 3 rings (SSSR count). The summed E-state index contributed by atoms with van der Waals surface area (Å²) in [5, 5.41) is 5.80. The molecule has 1 saturated heterocycles. The molecular formula is C23H28FN3O2. The van der Waals surface area contributed by atoms with Crippen LogP contribution in [0.15, 0.2) is 48.5 Å². The number of rotatable bonds is 6. The Bertz CT molecular complexity index is 838. The van der Waals surface area contributed by atoms with Crippen LogP contribution in [0.4, 0.5) is 14.9 Å². The van der Waals surface area contributed by atoms with Crippen molar-refractivity contribution >= 4 is 17.6 Å². The molecule has 0 radical (unpaired) electrons. The van der Waals surface area contributed by atoms with Crippen LogP contribution in [-0.2, 0) is 11.3 Å². The highest BCUT2D eigenvalue weighted by molar-refractivity contribution is 5.89. The molecule has 6 heteroatoms. The summed E-state index contributed by atoms with van der Waals surface area (Å²) >= 11 is 0. The third kappa shape index (κ3) is 6.31. The molecule has 1 aliphatic rings. The number of urea groups is 1. The van der Waals surface area contributed by atoms with Gasteiger partial charge in [0.2, 0.25) is 5.91 Å². The van der Waals surface area contributed by atoms with Gasteiger partial charge in [-0.25, -0.2) is 9.18 Å². The summed E-state index contributed by atoms with van der Waals surface area (Å²) < 4.78 is 13.0. The minimum atomic E-state index is -0.332. The molecule has 1 heterocycles. The van der Waals surface area contributed by atoms with Crippen molar-refractivity contribution in [1.82, 2.24) is 10.2 Å². The molecule has 2 aromatic rings. The Labute approximate surface area is 171 Å². The maximum atomic E-state index is 13.0. The van der Waals surface area contributed by atoms with Crippen LogP contribution in [0.1, 0.15) is 36.8 Å². The summed E-state index contributed by atoms with van der Waals surface area (Å²) in [6, 6.07) is 13.6. The van der Waals surface area contributed by atoms with Crippen molar-refractivity contribution in [3.8, 4) is 0 Å². The Morgan fingerprint density at radius 3 is 2.66 bits per heavy atom. The first kappa shape index (κ1) is 20.8. The number of anilines is 1. The van der Waals surface area contributed by atoms with Crippen molar-refractivity contribution in [3.63, 3.8) is 0 Å². The van der Waals surface area contributed by atoms with E-state index in [0.29, 0.717) is 37.7 Å². The molecule has 2 aromatic carbocycles. The highest BCUT2D eigenvalue weighted by Crippen LogP contribution is 2.22. The van der Waals surface area contributed by atoms with E-state index >= 15 is 0 Å². The van der Waals surface area contributed by atoms with Crippen LogP contribution in [-0.4, -0.2) is 29.9 Å². The number of nitrogens with zero attached hydrogens (tertiary/aromatic N) is 1. The SMILES string of the molecule is Cc1ccccc1CNC(=O)CC[C@H]1CCCN(C(=O)Nc2ccc(F)cc2)C1. The van der Waals surface area contributed by atoms with Crippen LogP contribution < -0.4 is 10.6 Å². The zero-order chi connectivity index (χ0) is 20.6. The van der Waals surface area contributed by atoms with E-state index < -0.39 is 0 Å². The minimum Gasteiger partial charge on any atom is -0.352 e. The van der Waals surface area contributed by atoms with E-state index in [2.05, 4.69) is 10.6 Å². The Morgan fingerprint density at radius 2 is 1.90 bits per heavy atom. The number of likely N-dealkylation sites (tertiary alicyclic amines) is 1. The van der Waals surface area contributed by atoms with Crippen LogP contribution in [0.5, 0.6) is 0 Å². The second-order valence-corrected chi connectivity index (χ2v) is 7.63. The second-order valence-electron chi connectivity index (χ2n) is 7.63. The minimum absolute atomic E-state index is 0.0427. The van der Waals surface area contributed by atoms with Crippen molar-refractivity contribution in [2.75, 3.05) is 18.4 Å². The number of hydrogen-bond donors (Lipinski definition) is 2. The number of nitrogens with one attached hydrogen (secondary N) is 2. The highest BCUT2D eigenvalue weighted by atomic mass is 19.1. The van der Waals surface area contributed by atoms with E-state index in [0.717, 1.165) is 24.8 Å². The van der Waals surface area contributed by atoms with E-state index in [-0.39, 0.29) is 17.8 Å². The van der Waals surface area contributed by atoms with Crippen molar-refractivity contribution in [1.29, 1.82) is 0 Å². The summed E-state index contributed by atoms with van der Waals surface area (Å²) in [6.07, 6.45) is 3.17. The second kappa shape index (κ2) is 10.0. The van der Waals surface area contributed by atoms with E-state index in [1.807, 2.05) is 31.2 Å². The van der Waals surface area contributed by atoms with Gasteiger partial charge >= 0.3 is 6.03 Å². The molecule has 0 bridgehead atoms. The van der Waals surface area contributed by atoms with Gasteiger partial charge in [0.25, 0.3) is 0 Å². The summed E-state index contributed by atoms with van der Waals surface area (Å²) in [6.45, 7) is 3.92. The average Bonchev–Trinajstić information content (AvgIpc) is 2.73. The van der Waals surface area contributed by atoms with Crippen LogP contribution in [0.3, 0.4) is 0 Å². The lowest BCUT2D eigenvalue weighted by atomic mass is 9.93. The first-order valence-electron chi connectivity index (χ1n) is 10.1. The van der Waals surface area contributed by atoms with Crippen LogP contribution >= 0.6 is 0 Å². The zero-order valence-electron chi connectivity index (χ0n) is 16.8. The van der Waals surface area contributed by atoms with E-state index in [1.54, 1.807) is 17.0 Å². The summed E-state index contributed by atoms with van der Waals surface area (Å²) in [7, 11) is 0. The highest BCUT2D eigenvalue weighted by Gasteiger charge is 2.24.